The number of amides is 1. The van der Waals surface area contributed by atoms with Crippen molar-refractivity contribution in [2.45, 2.75) is 0 Å². The van der Waals surface area contributed by atoms with Crippen molar-refractivity contribution in [2.24, 2.45) is 0 Å². The number of hydrogen-bond donors (Lipinski definition) is 1. The number of carbonyl (C=O) groups is 1. The second kappa shape index (κ2) is 6.11. The summed E-state index contributed by atoms with van der Waals surface area (Å²) in [6.45, 7) is 0. The highest BCUT2D eigenvalue weighted by molar-refractivity contribution is 6.34. The number of hydrogen-bond acceptors (Lipinski definition) is 2. The van der Waals surface area contributed by atoms with Crippen LogP contribution in [0, 0.1) is 5.82 Å². The number of nitrogens with one attached hydrogen (secondary N) is 1. The van der Waals surface area contributed by atoms with E-state index in [-0.39, 0.29) is 10.6 Å². The summed E-state index contributed by atoms with van der Waals surface area (Å²) < 4.78 is 18.1. The number of ether oxygens (including phenoxy) is 1. The first-order valence-corrected chi connectivity index (χ1v) is 6.37. The van der Waals surface area contributed by atoms with Gasteiger partial charge in [0.1, 0.15) is 11.6 Å². The molecule has 0 saturated heterocycles. The summed E-state index contributed by atoms with van der Waals surface area (Å²) in [6.07, 6.45) is 0. The number of methoxy groups -OCH3 is 1. The molecule has 20 heavy (non-hydrogen) atoms. The van der Waals surface area contributed by atoms with Crippen molar-refractivity contribution < 1.29 is 13.9 Å². The first kappa shape index (κ1) is 14.6. The standard InChI is InChI=1S/C14H10Cl2FNO2/c1-20-13-5-2-8(15)6-12(13)18-14(19)10-4-3-9(17)7-11(10)16/h2-7H,1H3,(H,18,19). The van der Waals surface area contributed by atoms with Crippen LogP contribution in [0.15, 0.2) is 36.4 Å². The molecule has 0 spiro atoms. The molecule has 0 unspecified atom stereocenters. The van der Waals surface area contributed by atoms with E-state index >= 15 is 0 Å². The van der Waals surface area contributed by atoms with Gasteiger partial charge in [0.05, 0.1) is 23.4 Å². The third-order valence-corrected chi connectivity index (χ3v) is 3.13. The first-order valence-electron chi connectivity index (χ1n) is 5.61. The largest absolute Gasteiger partial charge is 0.495 e. The number of halogens is 3. The summed E-state index contributed by atoms with van der Waals surface area (Å²) in [6, 6.07) is 8.37. The van der Waals surface area contributed by atoms with Crippen LogP contribution in [0.3, 0.4) is 0 Å². The molecule has 104 valence electrons. The van der Waals surface area contributed by atoms with Crippen molar-refractivity contribution >= 4 is 34.8 Å². The predicted octanol–water partition coefficient (Wildman–Crippen LogP) is 4.39. The second-order valence-electron chi connectivity index (χ2n) is 3.92. The van der Waals surface area contributed by atoms with Crippen LogP contribution in [-0.4, -0.2) is 13.0 Å². The minimum Gasteiger partial charge on any atom is -0.495 e. The zero-order valence-corrected chi connectivity index (χ0v) is 11.9. The lowest BCUT2D eigenvalue weighted by Crippen LogP contribution is -2.13. The Bertz CT molecular complexity index is 662. The van der Waals surface area contributed by atoms with E-state index in [0.29, 0.717) is 16.5 Å². The van der Waals surface area contributed by atoms with E-state index in [9.17, 15) is 9.18 Å². The van der Waals surface area contributed by atoms with Gasteiger partial charge in [0.15, 0.2) is 0 Å². The molecule has 2 aromatic rings. The highest BCUT2D eigenvalue weighted by Crippen LogP contribution is 2.28. The molecule has 2 aromatic carbocycles. The van der Waals surface area contributed by atoms with Crippen molar-refractivity contribution in [2.75, 3.05) is 12.4 Å². The van der Waals surface area contributed by atoms with Gasteiger partial charge in [-0.05, 0) is 36.4 Å². The quantitative estimate of drug-likeness (QED) is 0.912. The number of anilines is 1. The Hall–Kier alpha value is -1.78. The summed E-state index contributed by atoms with van der Waals surface area (Å²) in [7, 11) is 1.48. The zero-order chi connectivity index (χ0) is 14.7. The fraction of sp³-hybridized carbons (Fsp3) is 0.0714. The summed E-state index contributed by atoms with van der Waals surface area (Å²) in [5.41, 5.74) is 0.570. The maximum absolute atomic E-state index is 13.0. The van der Waals surface area contributed by atoms with E-state index in [1.807, 2.05) is 0 Å². The van der Waals surface area contributed by atoms with Crippen LogP contribution >= 0.6 is 23.2 Å². The van der Waals surface area contributed by atoms with Gasteiger partial charge in [-0.1, -0.05) is 23.2 Å². The molecule has 2 rings (SSSR count). The molecule has 0 atom stereocenters. The zero-order valence-electron chi connectivity index (χ0n) is 10.4. The summed E-state index contributed by atoms with van der Waals surface area (Å²) in [5, 5.41) is 3.10. The van der Waals surface area contributed by atoms with Crippen LogP contribution in [0.1, 0.15) is 10.4 Å². The summed E-state index contributed by atoms with van der Waals surface area (Å²) in [4.78, 5) is 12.1. The van der Waals surface area contributed by atoms with Gasteiger partial charge in [0, 0.05) is 5.02 Å². The van der Waals surface area contributed by atoms with Crippen LogP contribution in [0.5, 0.6) is 5.75 Å². The Balaban J connectivity index is 2.30. The van der Waals surface area contributed by atoms with Crippen molar-refractivity contribution in [3.05, 3.63) is 57.8 Å². The molecule has 0 fully saturated rings. The molecule has 1 N–H and O–H groups in total. The van der Waals surface area contributed by atoms with Crippen LogP contribution < -0.4 is 10.1 Å². The van der Waals surface area contributed by atoms with Gasteiger partial charge in [0.2, 0.25) is 0 Å². The Morgan fingerprint density at radius 3 is 2.60 bits per heavy atom. The van der Waals surface area contributed by atoms with Crippen molar-refractivity contribution in [1.29, 1.82) is 0 Å². The van der Waals surface area contributed by atoms with E-state index in [2.05, 4.69) is 5.32 Å². The molecule has 0 radical (unpaired) electrons. The van der Waals surface area contributed by atoms with E-state index in [1.165, 1.54) is 13.2 Å². The van der Waals surface area contributed by atoms with Gasteiger partial charge in [-0.25, -0.2) is 4.39 Å². The van der Waals surface area contributed by atoms with Gasteiger partial charge < -0.3 is 10.1 Å². The molecule has 6 heteroatoms. The smallest absolute Gasteiger partial charge is 0.257 e. The Morgan fingerprint density at radius 2 is 1.95 bits per heavy atom. The SMILES string of the molecule is COc1ccc(Cl)cc1NC(=O)c1ccc(F)cc1Cl. The van der Waals surface area contributed by atoms with E-state index in [4.69, 9.17) is 27.9 Å². The molecular weight excluding hydrogens is 304 g/mol. The molecule has 0 aliphatic rings. The molecule has 0 aliphatic heterocycles. The lowest BCUT2D eigenvalue weighted by Gasteiger charge is -2.11. The Morgan fingerprint density at radius 1 is 1.20 bits per heavy atom. The van der Waals surface area contributed by atoms with Crippen molar-refractivity contribution in [3.8, 4) is 5.75 Å². The molecule has 0 saturated carbocycles. The third-order valence-electron chi connectivity index (χ3n) is 2.59. The molecule has 1 amide bonds. The molecule has 0 heterocycles. The topological polar surface area (TPSA) is 38.3 Å². The van der Waals surface area contributed by atoms with E-state index in [0.717, 1.165) is 12.1 Å². The maximum atomic E-state index is 13.0. The first-order chi connectivity index (χ1) is 9.51. The van der Waals surface area contributed by atoms with Gasteiger partial charge >= 0.3 is 0 Å². The Kier molecular flexibility index (Phi) is 4.47. The van der Waals surface area contributed by atoms with Gasteiger partial charge in [0.25, 0.3) is 5.91 Å². The molecule has 0 aliphatic carbocycles. The molecule has 0 aromatic heterocycles. The predicted molar refractivity (Wildman–Crippen MR) is 77.4 cm³/mol. The summed E-state index contributed by atoms with van der Waals surface area (Å²) in [5.74, 6) is -0.525. The third kappa shape index (κ3) is 3.21. The lowest BCUT2D eigenvalue weighted by atomic mass is 10.2. The van der Waals surface area contributed by atoms with Crippen LogP contribution in [0.4, 0.5) is 10.1 Å². The van der Waals surface area contributed by atoms with Crippen LogP contribution in [0.25, 0.3) is 0 Å². The average Bonchev–Trinajstić information content (AvgIpc) is 2.38. The van der Waals surface area contributed by atoms with Gasteiger partial charge in [-0.15, -0.1) is 0 Å². The minimum atomic E-state index is -0.508. The second-order valence-corrected chi connectivity index (χ2v) is 4.77. The van der Waals surface area contributed by atoms with Crippen molar-refractivity contribution in [3.63, 3.8) is 0 Å². The normalized spacial score (nSPS) is 10.2. The van der Waals surface area contributed by atoms with E-state index < -0.39 is 11.7 Å². The van der Waals surface area contributed by atoms with Gasteiger partial charge in [-0.3, -0.25) is 4.79 Å². The van der Waals surface area contributed by atoms with E-state index in [1.54, 1.807) is 18.2 Å². The Labute approximate surface area is 125 Å². The summed E-state index contributed by atoms with van der Waals surface area (Å²) >= 11 is 11.7. The average molecular weight is 314 g/mol. The molecule has 3 nitrogen and oxygen atoms in total. The lowest BCUT2D eigenvalue weighted by molar-refractivity contribution is 0.102. The number of rotatable bonds is 3. The maximum Gasteiger partial charge on any atom is 0.257 e. The van der Waals surface area contributed by atoms with Crippen LogP contribution in [0.2, 0.25) is 10.0 Å². The fourth-order valence-electron chi connectivity index (χ4n) is 1.64. The monoisotopic (exact) mass is 313 g/mol. The van der Waals surface area contributed by atoms with Gasteiger partial charge in [-0.2, -0.15) is 0 Å². The van der Waals surface area contributed by atoms with Crippen molar-refractivity contribution in [1.82, 2.24) is 0 Å². The number of carbonyl (C=O) groups excluding carboxylic acids is 1. The minimum absolute atomic E-state index is 0.0310. The highest BCUT2D eigenvalue weighted by atomic mass is 35.5. The molecular formula is C14H10Cl2FNO2. The molecule has 0 bridgehead atoms. The highest BCUT2D eigenvalue weighted by Gasteiger charge is 2.13. The fourth-order valence-corrected chi connectivity index (χ4v) is 2.07. The van der Waals surface area contributed by atoms with Crippen LogP contribution in [-0.2, 0) is 0 Å². The number of benzene rings is 2.